The summed E-state index contributed by atoms with van der Waals surface area (Å²) in [5, 5.41) is 2.26. The SMILES string of the molecule is COC(=O)c1ccc2c(Cc3ccc(OCc4ccc5ccccc5n4)cc3)cn(C)c2c1. The average molecular weight is 437 g/mol. The molecule has 5 rings (SSSR count). The lowest BCUT2D eigenvalue weighted by Gasteiger charge is -2.08. The minimum Gasteiger partial charge on any atom is -0.487 e. The van der Waals surface area contributed by atoms with Crippen molar-refractivity contribution in [3.8, 4) is 5.75 Å². The Hall–Kier alpha value is -4.12. The highest BCUT2D eigenvalue weighted by Gasteiger charge is 2.12. The number of hydrogen-bond donors (Lipinski definition) is 0. The zero-order chi connectivity index (χ0) is 22.8. The summed E-state index contributed by atoms with van der Waals surface area (Å²) in [6.45, 7) is 0.427. The smallest absolute Gasteiger partial charge is 0.337 e. The van der Waals surface area contributed by atoms with Crippen molar-refractivity contribution >= 4 is 27.8 Å². The predicted molar refractivity (Wildman–Crippen MR) is 130 cm³/mol. The third-order valence-electron chi connectivity index (χ3n) is 5.85. The molecule has 0 spiro atoms. The molecule has 0 saturated carbocycles. The first kappa shape index (κ1) is 20.8. The van der Waals surface area contributed by atoms with Gasteiger partial charge in [-0.25, -0.2) is 9.78 Å². The van der Waals surface area contributed by atoms with Crippen LogP contribution in [0.4, 0.5) is 0 Å². The maximum Gasteiger partial charge on any atom is 0.337 e. The van der Waals surface area contributed by atoms with Crippen molar-refractivity contribution in [3.63, 3.8) is 0 Å². The Kier molecular flexibility index (Phi) is 5.53. The number of ether oxygens (including phenoxy) is 2. The van der Waals surface area contributed by atoms with Crippen LogP contribution in [0.3, 0.4) is 0 Å². The van der Waals surface area contributed by atoms with Crippen molar-refractivity contribution in [3.05, 3.63) is 107 Å². The Bertz CT molecular complexity index is 1450. The van der Waals surface area contributed by atoms with Crippen molar-refractivity contribution in [1.82, 2.24) is 9.55 Å². The molecule has 0 fully saturated rings. The third kappa shape index (κ3) is 4.30. The van der Waals surface area contributed by atoms with E-state index in [1.165, 1.54) is 18.2 Å². The second kappa shape index (κ2) is 8.79. The number of para-hydroxylation sites is 1. The van der Waals surface area contributed by atoms with E-state index in [4.69, 9.17) is 9.47 Å². The summed E-state index contributed by atoms with van der Waals surface area (Å²) >= 11 is 0. The number of aryl methyl sites for hydroxylation is 1. The maximum absolute atomic E-state index is 11.9. The number of carbonyl (C=O) groups is 1. The number of benzene rings is 3. The van der Waals surface area contributed by atoms with Gasteiger partial charge in [-0.15, -0.1) is 0 Å². The largest absolute Gasteiger partial charge is 0.487 e. The average Bonchev–Trinajstić information content (AvgIpc) is 3.17. The number of pyridine rings is 1. The van der Waals surface area contributed by atoms with E-state index in [0.717, 1.165) is 39.7 Å². The lowest BCUT2D eigenvalue weighted by atomic mass is 10.0. The summed E-state index contributed by atoms with van der Waals surface area (Å²) in [4.78, 5) is 16.5. The molecule has 3 aromatic carbocycles. The van der Waals surface area contributed by atoms with Gasteiger partial charge in [-0.05, 0) is 53.9 Å². The van der Waals surface area contributed by atoms with Crippen LogP contribution < -0.4 is 4.74 Å². The standard InChI is InChI=1S/C28H24N2O3/c1-30-17-22(25-14-10-21(16-27(25)30)28(31)32-2)15-19-7-12-24(13-8-19)33-18-23-11-9-20-5-3-4-6-26(20)29-23/h3-14,16-17H,15,18H2,1-2H3. The number of hydrogen-bond acceptors (Lipinski definition) is 4. The van der Waals surface area contributed by atoms with Crippen LogP contribution in [0.5, 0.6) is 5.75 Å². The first-order chi connectivity index (χ1) is 16.1. The van der Waals surface area contributed by atoms with Gasteiger partial charge in [0.1, 0.15) is 12.4 Å². The Morgan fingerprint density at radius 1 is 0.970 bits per heavy atom. The fourth-order valence-electron chi connectivity index (χ4n) is 4.12. The number of methoxy groups -OCH3 is 1. The zero-order valence-electron chi connectivity index (χ0n) is 18.6. The molecular formula is C28H24N2O3. The molecule has 0 N–H and O–H groups in total. The van der Waals surface area contributed by atoms with Crippen molar-refractivity contribution < 1.29 is 14.3 Å². The van der Waals surface area contributed by atoms with Crippen molar-refractivity contribution in [1.29, 1.82) is 0 Å². The van der Waals surface area contributed by atoms with Crippen LogP contribution in [0.15, 0.2) is 85.1 Å². The van der Waals surface area contributed by atoms with Gasteiger partial charge < -0.3 is 14.0 Å². The number of esters is 1. The molecule has 0 aliphatic heterocycles. The highest BCUT2D eigenvalue weighted by atomic mass is 16.5. The highest BCUT2D eigenvalue weighted by Crippen LogP contribution is 2.25. The summed E-state index contributed by atoms with van der Waals surface area (Å²) < 4.78 is 12.8. The third-order valence-corrected chi connectivity index (χ3v) is 5.85. The Balaban J connectivity index is 1.28. The molecule has 0 bridgehead atoms. The van der Waals surface area contributed by atoms with Gasteiger partial charge in [0.2, 0.25) is 0 Å². The molecule has 0 amide bonds. The molecule has 5 nitrogen and oxygen atoms in total. The van der Waals surface area contributed by atoms with E-state index in [1.807, 2.05) is 66.2 Å². The quantitative estimate of drug-likeness (QED) is 0.321. The van der Waals surface area contributed by atoms with E-state index >= 15 is 0 Å². The second-order valence-corrected chi connectivity index (χ2v) is 8.09. The molecule has 0 radical (unpaired) electrons. The van der Waals surface area contributed by atoms with Crippen LogP contribution in [0, 0.1) is 0 Å². The number of rotatable bonds is 6. The van der Waals surface area contributed by atoms with Crippen LogP contribution in [-0.4, -0.2) is 22.6 Å². The van der Waals surface area contributed by atoms with Crippen LogP contribution >= 0.6 is 0 Å². The minimum absolute atomic E-state index is 0.325. The van der Waals surface area contributed by atoms with E-state index in [-0.39, 0.29) is 5.97 Å². The molecule has 0 saturated heterocycles. The summed E-state index contributed by atoms with van der Waals surface area (Å²) in [7, 11) is 3.39. The summed E-state index contributed by atoms with van der Waals surface area (Å²) in [5.41, 5.74) is 5.84. The molecule has 164 valence electrons. The molecule has 0 aliphatic carbocycles. The van der Waals surface area contributed by atoms with Gasteiger partial charge in [0.15, 0.2) is 0 Å². The van der Waals surface area contributed by atoms with E-state index in [1.54, 1.807) is 0 Å². The van der Waals surface area contributed by atoms with E-state index < -0.39 is 0 Å². The Labute approximate surface area is 192 Å². The second-order valence-electron chi connectivity index (χ2n) is 8.09. The predicted octanol–water partition coefficient (Wildman–Crippen LogP) is 5.68. The monoisotopic (exact) mass is 436 g/mol. The fourth-order valence-corrected chi connectivity index (χ4v) is 4.12. The molecular weight excluding hydrogens is 412 g/mol. The number of fused-ring (bicyclic) bond motifs is 2. The molecule has 0 aliphatic rings. The van der Waals surface area contributed by atoms with E-state index in [2.05, 4.69) is 35.4 Å². The van der Waals surface area contributed by atoms with Crippen LogP contribution in [-0.2, 0) is 24.8 Å². The van der Waals surface area contributed by atoms with Gasteiger partial charge in [-0.3, -0.25) is 0 Å². The number of aromatic nitrogens is 2. The van der Waals surface area contributed by atoms with Crippen LogP contribution in [0.2, 0.25) is 0 Å². The topological polar surface area (TPSA) is 53.4 Å². The van der Waals surface area contributed by atoms with Crippen molar-refractivity contribution in [2.75, 3.05) is 7.11 Å². The molecule has 0 atom stereocenters. The molecule has 5 heteroatoms. The Morgan fingerprint density at radius 3 is 2.61 bits per heavy atom. The summed E-state index contributed by atoms with van der Waals surface area (Å²) in [6.07, 6.45) is 2.91. The van der Waals surface area contributed by atoms with E-state index in [9.17, 15) is 4.79 Å². The highest BCUT2D eigenvalue weighted by molar-refractivity contribution is 5.95. The van der Waals surface area contributed by atoms with Gasteiger partial charge >= 0.3 is 5.97 Å². The van der Waals surface area contributed by atoms with Crippen LogP contribution in [0.25, 0.3) is 21.8 Å². The first-order valence-corrected chi connectivity index (χ1v) is 10.8. The lowest BCUT2D eigenvalue weighted by molar-refractivity contribution is 0.0601. The maximum atomic E-state index is 11.9. The van der Waals surface area contributed by atoms with Gasteiger partial charge in [-0.2, -0.15) is 0 Å². The first-order valence-electron chi connectivity index (χ1n) is 10.8. The minimum atomic E-state index is -0.325. The van der Waals surface area contributed by atoms with Crippen LogP contribution in [0.1, 0.15) is 27.2 Å². The molecule has 0 unspecified atom stereocenters. The summed E-state index contributed by atoms with van der Waals surface area (Å²) in [6, 6.07) is 26.0. The lowest BCUT2D eigenvalue weighted by Crippen LogP contribution is -2.01. The molecule has 5 aromatic rings. The Morgan fingerprint density at radius 2 is 1.79 bits per heavy atom. The molecule has 2 aromatic heterocycles. The van der Waals surface area contributed by atoms with Crippen molar-refractivity contribution in [2.24, 2.45) is 7.05 Å². The fraction of sp³-hybridized carbons (Fsp3) is 0.143. The van der Waals surface area contributed by atoms with Gasteiger partial charge in [0.05, 0.1) is 23.9 Å². The van der Waals surface area contributed by atoms with Gasteiger partial charge in [0, 0.05) is 29.5 Å². The van der Waals surface area contributed by atoms with Gasteiger partial charge in [0.25, 0.3) is 0 Å². The number of carbonyl (C=O) groups excluding carboxylic acids is 1. The molecule has 2 heterocycles. The van der Waals surface area contributed by atoms with E-state index in [0.29, 0.717) is 12.2 Å². The summed E-state index contributed by atoms with van der Waals surface area (Å²) in [5.74, 6) is 0.489. The zero-order valence-corrected chi connectivity index (χ0v) is 18.6. The normalized spacial score (nSPS) is 11.1. The molecule has 33 heavy (non-hydrogen) atoms. The van der Waals surface area contributed by atoms with Crippen molar-refractivity contribution in [2.45, 2.75) is 13.0 Å². The van der Waals surface area contributed by atoms with Gasteiger partial charge in [-0.1, -0.05) is 42.5 Å². The number of nitrogens with zero attached hydrogens (tertiary/aromatic N) is 2.